The molecule has 3 rings (SSSR count). The maximum atomic E-state index is 5.90. The van der Waals surface area contributed by atoms with Crippen molar-refractivity contribution in [3.05, 3.63) is 48.5 Å². The van der Waals surface area contributed by atoms with Crippen molar-refractivity contribution in [2.24, 2.45) is 0 Å². The van der Waals surface area contributed by atoms with Crippen LogP contribution in [0.1, 0.15) is 0 Å². The summed E-state index contributed by atoms with van der Waals surface area (Å²) in [6.07, 6.45) is 0. The summed E-state index contributed by atoms with van der Waals surface area (Å²) in [5.41, 5.74) is 4.28. The summed E-state index contributed by atoms with van der Waals surface area (Å²) in [5.74, 6) is 0.600. The van der Waals surface area contributed by atoms with Crippen molar-refractivity contribution in [1.29, 1.82) is 0 Å². The highest BCUT2D eigenvalue weighted by Gasteiger charge is 2.14. The summed E-state index contributed by atoms with van der Waals surface area (Å²) in [4.78, 5) is 4.66. The quantitative estimate of drug-likeness (QED) is 0.364. The topological polar surface area (TPSA) is 16.8 Å². The number of para-hydroxylation sites is 4. The van der Waals surface area contributed by atoms with Crippen LogP contribution in [-0.2, 0) is 6.54 Å². The van der Waals surface area contributed by atoms with Crippen LogP contribution in [0.3, 0.4) is 0 Å². The monoisotopic (exact) mass is 278 g/mol. The lowest BCUT2D eigenvalue weighted by molar-refractivity contribution is -0.640. The van der Waals surface area contributed by atoms with E-state index in [1.807, 2.05) is 36.4 Å². The average Bonchev–Trinajstić information content (AvgIpc) is 2.39. The summed E-state index contributed by atoms with van der Waals surface area (Å²) >= 11 is 5.90. The van der Waals surface area contributed by atoms with Crippen molar-refractivity contribution in [1.82, 2.24) is 4.98 Å². The van der Waals surface area contributed by atoms with E-state index >= 15 is 0 Å². The Balaban J connectivity index is 0.00000120. The van der Waals surface area contributed by atoms with E-state index in [1.165, 1.54) is 0 Å². The van der Waals surface area contributed by atoms with E-state index in [0.717, 1.165) is 28.6 Å². The zero-order valence-electron chi connectivity index (χ0n) is 9.68. The van der Waals surface area contributed by atoms with Crippen molar-refractivity contribution in [3.8, 4) is 0 Å². The van der Waals surface area contributed by atoms with Gasteiger partial charge in [0.25, 0.3) is 0 Å². The molecule has 0 atom stereocenters. The maximum Gasteiger partial charge on any atom is 0.231 e. The van der Waals surface area contributed by atoms with E-state index in [1.54, 1.807) is 0 Å². The molecular formula is C14H12Cl2N2. The molecule has 1 aromatic heterocycles. The number of benzene rings is 2. The average molecular weight is 279 g/mol. The predicted molar refractivity (Wildman–Crippen MR) is 70.2 cm³/mol. The van der Waals surface area contributed by atoms with Gasteiger partial charge in [-0.2, -0.15) is 4.57 Å². The van der Waals surface area contributed by atoms with E-state index in [2.05, 4.69) is 21.7 Å². The van der Waals surface area contributed by atoms with E-state index in [4.69, 9.17) is 11.6 Å². The molecule has 0 aliphatic heterocycles. The third-order valence-electron chi connectivity index (χ3n) is 2.89. The van der Waals surface area contributed by atoms with Gasteiger partial charge in [0.15, 0.2) is 6.54 Å². The highest BCUT2D eigenvalue weighted by atomic mass is 35.5. The number of fused-ring (bicyclic) bond motifs is 2. The number of alkyl halides is 1. The largest absolute Gasteiger partial charge is 1.00 e. The number of hydrogen-bond acceptors (Lipinski definition) is 1. The number of hydrogen-bond donors (Lipinski definition) is 0. The van der Waals surface area contributed by atoms with Crippen LogP contribution in [0.25, 0.3) is 22.1 Å². The van der Waals surface area contributed by atoms with Crippen LogP contribution < -0.4 is 17.0 Å². The number of nitrogens with zero attached hydrogens (tertiary/aromatic N) is 2. The molecule has 0 unspecified atom stereocenters. The van der Waals surface area contributed by atoms with Crippen molar-refractivity contribution in [2.75, 3.05) is 5.88 Å². The zero-order valence-corrected chi connectivity index (χ0v) is 11.2. The second kappa shape index (κ2) is 5.51. The van der Waals surface area contributed by atoms with Gasteiger partial charge in [0, 0.05) is 12.1 Å². The molecule has 4 heteroatoms. The minimum atomic E-state index is 0. The summed E-state index contributed by atoms with van der Waals surface area (Å²) < 4.78 is 2.23. The van der Waals surface area contributed by atoms with Crippen LogP contribution in [0.2, 0.25) is 0 Å². The first-order valence-corrected chi connectivity index (χ1v) is 6.17. The second-order valence-electron chi connectivity index (χ2n) is 3.93. The molecule has 0 spiro atoms. The molecule has 1 heterocycles. The molecule has 18 heavy (non-hydrogen) atoms. The molecule has 0 radical (unpaired) electrons. The van der Waals surface area contributed by atoms with Crippen LogP contribution in [0, 0.1) is 0 Å². The third-order valence-corrected chi connectivity index (χ3v) is 3.06. The van der Waals surface area contributed by atoms with Crippen molar-refractivity contribution >= 4 is 33.7 Å². The van der Waals surface area contributed by atoms with Gasteiger partial charge in [0.05, 0.1) is 5.88 Å². The first-order chi connectivity index (χ1) is 8.40. The van der Waals surface area contributed by atoms with Crippen molar-refractivity contribution < 1.29 is 17.0 Å². The molecule has 0 aliphatic rings. The summed E-state index contributed by atoms with van der Waals surface area (Å²) in [5, 5.41) is 0. The molecule has 3 aromatic rings. The molecular weight excluding hydrogens is 267 g/mol. The van der Waals surface area contributed by atoms with Crippen LogP contribution in [0.15, 0.2) is 48.5 Å². The van der Waals surface area contributed by atoms with Gasteiger partial charge in [-0.05, 0) is 12.1 Å². The fourth-order valence-corrected chi connectivity index (χ4v) is 2.33. The van der Waals surface area contributed by atoms with E-state index in [0.29, 0.717) is 5.88 Å². The van der Waals surface area contributed by atoms with Gasteiger partial charge in [-0.3, -0.25) is 0 Å². The molecule has 92 valence electrons. The SMILES string of the molecule is ClCC[n+]1c2ccccc2nc2ccccc21.[Cl-]. The minimum absolute atomic E-state index is 0. The van der Waals surface area contributed by atoms with Gasteiger partial charge in [-0.15, -0.1) is 11.6 Å². The summed E-state index contributed by atoms with van der Waals surface area (Å²) in [6.45, 7) is 0.797. The predicted octanol–water partition coefficient (Wildman–Crippen LogP) is -0.0817. The van der Waals surface area contributed by atoms with Gasteiger partial charge in [-0.25, -0.2) is 4.98 Å². The van der Waals surface area contributed by atoms with Crippen LogP contribution >= 0.6 is 11.6 Å². The lowest BCUT2D eigenvalue weighted by atomic mass is 10.2. The van der Waals surface area contributed by atoms with E-state index < -0.39 is 0 Å². The smallest absolute Gasteiger partial charge is 0.231 e. The second-order valence-corrected chi connectivity index (χ2v) is 4.31. The molecule has 0 saturated heterocycles. The Morgan fingerprint density at radius 3 is 1.89 bits per heavy atom. The maximum absolute atomic E-state index is 5.90. The summed E-state index contributed by atoms with van der Waals surface area (Å²) in [7, 11) is 0. The lowest BCUT2D eigenvalue weighted by Crippen LogP contribution is -3.00. The minimum Gasteiger partial charge on any atom is -1.00 e. The Kier molecular flexibility index (Phi) is 4.00. The first kappa shape index (κ1) is 13.1. The Morgan fingerprint density at radius 1 is 0.889 bits per heavy atom. The van der Waals surface area contributed by atoms with Crippen LogP contribution in [0.5, 0.6) is 0 Å². The van der Waals surface area contributed by atoms with Gasteiger partial charge in [-0.1, -0.05) is 24.3 Å². The third kappa shape index (κ3) is 2.14. The molecule has 2 nitrogen and oxygen atoms in total. The lowest BCUT2D eigenvalue weighted by Gasteiger charge is -2.03. The van der Waals surface area contributed by atoms with Gasteiger partial charge in [0.1, 0.15) is 11.0 Å². The Hall–Kier alpha value is -1.38. The number of aromatic nitrogens is 2. The standard InChI is InChI=1S/C14H12ClN2.ClH/c15-9-10-17-13-7-3-1-5-11(13)16-12-6-2-4-8-14(12)17;/h1-8H,9-10H2;1H/q+1;/p-1. The zero-order chi connectivity index (χ0) is 11.7. The molecule has 0 N–H and O–H groups in total. The highest BCUT2D eigenvalue weighted by Crippen LogP contribution is 2.13. The highest BCUT2D eigenvalue weighted by molar-refractivity contribution is 6.17. The molecule has 0 bridgehead atoms. The first-order valence-electron chi connectivity index (χ1n) is 5.63. The van der Waals surface area contributed by atoms with E-state index in [9.17, 15) is 0 Å². The molecule has 2 aromatic carbocycles. The fourth-order valence-electron chi connectivity index (χ4n) is 2.16. The Morgan fingerprint density at radius 2 is 1.39 bits per heavy atom. The molecule has 0 aliphatic carbocycles. The van der Waals surface area contributed by atoms with Gasteiger partial charge < -0.3 is 12.4 Å². The Bertz CT molecular complexity index is 629. The summed E-state index contributed by atoms with van der Waals surface area (Å²) in [6, 6.07) is 16.3. The van der Waals surface area contributed by atoms with Gasteiger partial charge in [0.2, 0.25) is 11.0 Å². The van der Waals surface area contributed by atoms with Crippen LogP contribution in [-0.4, -0.2) is 10.9 Å². The van der Waals surface area contributed by atoms with E-state index in [-0.39, 0.29) is 12.4 Å². The van der Waals surface area contributed by atoms with Crippen molar-refractivity contribution in [2.45, 2.75) is 6.54 Å². The van der Waals surface area contributed by atoms with Crippen LogP contribution in [0.4, 0.5) is 0 Å². The number of halogens is 2. The number of rotatable bonds is 2. The van der Waals surface area contributed by atoms with Crippen molar-refractivity contribution in [3.63, 3.8) is 0 Å². The molecule has 0 saturated carbocycles. The fraction of sp³-hybridized carbons (Fsp3) is 0.143. The Labute approximate surface area is 117 Å². The normalized spacial score (nSPS) is 10.5. The van der Waals surface area contributed by atoms with Gasteiger partial charge >= 0.3 is 0 Å². The molecule has 0 amide bonds. The molecule has 0 fully saturated rings. The number of aryl methyl sites for hydroxylation is 1.